The molecule has 0 aliphatic rings. The van der Waals surface area contributed by atoms with Gasteiger partial charge in [-0.15, -0.1) is 0 Å². The standard InChI is InChI=1S/C20H27N5O2/c1-14(2)25(13-19-21-8-9-24(19)3)12-15-11-22-23-20(15)17-7-6-16(26-4)10-18(17)27-5/h6-11,14H,12-13H2,1-5H3,(H,22,23). The first-order valence-corrected chi connectivity index (χ1v) is 8.98. The monoisotopic (exact) mass is 369 g/mol. The van der Waals surface area contributed by atoms with Gasteiger partial charge in [-0.2, -0.15) is 5.10 Å². The molecule has 0 spiro atoms. The number of ether oxygens (including phenoxy) is 2. The van der Waals surface area contributed by atoms with E-state index < -0.39 is 0 Å². The van der Waals surface area contributed by atoms with Crippen molar-refractivity contribution in [3.05, 3.63) is 48.2 Å². The number of aryl methyl sites for hydroxylation is 1. The molecule has 7 heteroatoms. The lowest BCUT2D eigenvalue weighted by atomic mass is 10.1. The molecule has 7 nitrogen and oxygen atoms in total. The summed E-state index contributed by atoms with van der Waals surface area (Å²) in [5.74, 6) is 2.55. The number of H-pyrrole nitrogens is 1. The Morgan fingerprint density at radius 2 is 2.00 bits per heavy atom. The summed E-state index contributed by atoms with van der Waals surface area (Å²) >= 11 is 0. The Balaban J connectivity index is 1.89. The van der Waals surface area contributed by atoms with Gasteiger partial charge in [-0.05, 0) is 26.0 Å². The van der Waals surface area contributed by atoms with Crippen molar-refractivity contribution in [1.82, 2.24) is 24.6 Å². The van der Waals surface area contributed by atoms with E-state index in [2.05, 4.69) is 38.5 Å². The summed E-state index contributed by atoms with van der Waals surface area (Å²) in [5, 5.41) is 7.41. The Kier molecular flexibility index (Phi) is 5.81. The highest BCUT2D eigenvalue weighted by atomic mass is 16.5. The van der Waals surface area contributed by atoms with E-state index >= 15 is 0 Å². The van der Waals surface area contributed by atoms with E-state index in [9.17, 15) is 0 Å². The molecule has 0 amide bonds. The summed E-state index contributed by atoms with van der Waals surface area (Å²) in [7, 11) is 5.33. The zero-order valence-electron chi connectivity index (χ0n) is 16.6. The van der Waals surface area contributed by atoms with Gasteiger partial charge in [0.15, 0.2) is 0 Å². The lowest BCUT2D eigenvalue weighted by Crippen LogP contribution is -2.31. The molecule has 2 heterocycles. The minimum absolute atomic E-state index is 0.363. The van der Waals surface area contributed by atoms with Crippen LogP contribution >= 0.6 is 0 Å². The van der Waals surface area contributed by atoms with Crippen molar-refractivity contribution in [3.8, 4) is 22.8 Å². The van der Waals surface area contributed by atoms with Gasteiger partial charge in [0.1, 0.15) is 17.3 Å². The minimum atomic E-state index is 0.363. The largest absolute Gasteiger partial charge is 0.497 e. The van der Waals surface area contributed by atoms with Gasteiger partial charge >= 0.3 is 0 Å². The summed E-state index contributed by atoms with van der Waals surface area (Å²) in [6, 6.07) is 6.17. The lowest BCUT2D eigenvalue weighted by Gasteiger charge is -2.26. The third-order valence-corrected chi connectivity index (χ3v) is 4.77. The lowest BCUT2D eigenvalue weighted by molar-refractivity contribution is 0.197. The van der Waals surface area contributed by atoms with Gasteiger partial charge < -0.3 is 14.0 Å². The van der Waals surface area contributed by atoms with E-state index in [1.165, 1.54) is 0 Å². The zero-order valence-corrected chi connectivity index (χ0v) is 16.6. The fourth-order valence-electron chi connectivity index (χ4n) is 3.04. The third-order valence-electron chi connectivity index (χ3n) is 4.77. The highest BCUT2D eigenvalue weighted by molar-refractivity contribution is 5.71. The molecule has 3 aromatic rings. The molecule has 3 rings (SSSR count). The molecule has 0 aliphatic carbocycles. The first kappa shape index (κ1) is 19.0. The zero-order chi connectivity index (χ0) is 19.4. The fourth-order valence-corrected chi connectivity index (χ4v) is 3.04. The number of nitrogens with zero attached hydrogens (tertiary/aromatic N) is 4. The van der Waals surface area contributed by atoms with E-state index in [0.29, 0.717) is 6.04 Å². The number of imidazole rings is 1. The predicted octanol–water partition coefficient (Wildman–Crippen LogP) is 3.24. The molecule has 2 aromatic heterocycles. The number of aromatic nitrogens is 4. The Morgan fingerprint density at radius 3 is 2.63 bits per heavy atom. The Morgan fingerprint density at radius 1 is 1.19 bits per heavy atom. The molecule has 0 aliphatic heterocycles. The van der Waals surface area contributed by atoms with Crippen molar-refractivity contribution in [1.29, 1.82) is 0 Å². The predicted molar refractivity (Wildman–Crippen MR) is 105 cm³/mol. The molecular weight excluding hydrogens is 342 g/mol. The highest BCUT2D eigenvalue weighted by Crippen LogP contribution is 2.34. The molecule has 0 saturated heterocycles. The van der Waals surface area contributed by atoms with Crippen LogP contribution < -0.4 is 9.47 Å². The smallest absolute Gasteiger partial charge is 0.131 e. The van der Waals surface area contributed by atoms with Gasteiger partial charge in [-0.25, -0.2) is 4.98 Å². The minimum Gasteiger partial charge on any atom is -0.497 e. The fraction of sp³-hybridized carbons (Fsp3) is 0.400. The third kappa shape index (κ3) is 4.14. The second-order valence-electron chi connectivity index (χ2n) is 6.79. The topological polar surface area (TPSA) is 68.2 Å². The van der Waals surface area contributed by atoms with E-state index in [-0.39, 0.29) is 0 Å². The molecule has 0 saturated carbocycles. The van der Waals surface area contributed by atoms with Gasteiger partial charge in [0.2, 0.25) is 0 Å². The van der Waals surface area contributed by atoms with Gasteiger partial charge in [-0.3, -0.25) is 10.00 Å². The molecule has 144 valence electrons. The number of rotatable bonds is 8. The average Bonchev–Trinajstić information content (AvgIpc) is 3.29. The van der Waals surface area contributed by atoms with Crippen molar-refractivity contribution >= 4 is 0 Å². The molecule has 0 atom stereocenters. The number of aromatic amines is 1. The summed E-state index contributed by atoms with van der Waals surface area (Å²) in [4.78, 5) is 6.83. The molecule has 27 heavy (non-hydrogen) atoms. The molecule has 1 N–H and O–H groups in total. The van der Waals surface area contributed by atoms with Crippen LogP contribution in [0.1, 0.15) is 25.2 Å². The van der Waals surface area contributed by atoms with Gasteiger partial charge in [-0.1, -0.05) is 0 Å². The van der Waals surface area contributed by atoms with Crippen molar-refractivity contribution < 1.29 is 9.47 Å². The summed E-state index contributed by atoms with van der Waals surface area (Å²) in [5.41, 5.74) is 3.04. The van der Waals surface area contributed by atoms with Crippen LogP contribution in [0.15, 0.2) is 36.8 Å². The van der Waals surface area contributed by atoms with Crippen molar-refractivity contribution in [2.45, 2.75) is 33.0 Å². The number of benzene rings is 1. The van der Waals surface area contributed by atoms with Gasteiger partial charge in [0, 0.05) is 49.2 Å². The van der Waals surface area contributed by atoms with Crippen LogP contribution in [0.2, 0.25) is 0 Å². The molecule has 0 radical (unpaired) electrons. The Labute approximate surface area is 159 Å². The second-order valence-corrected chi connectivity index (χ2v) is 6.79. The van der Waals surface area contributed by atoms with Crippen LogP contribution in [0.5, 0.6) is 11.5 Å². The van der Waals surface area contributed by atoms with E-state index in [1.54, 1.807) is 14.2 Å². The first-order valence-electron chi connectivity index (χ1n) is 8.98. The number of hydrogen-bond donors (Lipinski definition) is 1. The second kappa shape index (κ2) is 8.26. The summed E-state index contributed by atoms with van der Waals surface area (Å²) < 4.78 is 12.9. The van der Waals surface area contributed by atoms with Crippen LogP contribution in [-0.4, -0.2) is 44.9 Å². The molecule has 0 unspecified atom stereocenters. The first-order chi connectivity index (χ1) is 13.0. The van der Waals surface area contributed by atoms with Crippen LogP contribution in [0.3, 0.4) is 0 Å². The van der Waals surface area contributed by atoms with Crippen LogP contribution in [0, 0.1) is 0 Å². The maximum Gasteiger partial charge on any atom is 0.131 e. The number of nitrogens with one attached hydrogen (secondary N) is 1. The van der Waals surface area contributed by atoms with Gasteiger partial charge in [0.05, 0.1) is 32.7 Å². The normalized spacial score (nSPS) is 11.4. The maximum absolute atomic E-state index is 5.57. The molecular formula is C20H27N5O2. The average molecular weight is 369 g/mol. The molecule has 0 fully saturated rings. The SMILES string of the molecule is COc1ccc(-c2[nH]ncc2CN(Cc2nccn2C)C(C)C)c(OC)c1. The van der Waals surface area contributed by atoms with E-state index in [0.717, 1.165) is 47.2 Å². The number of hydrogen-bond acceptors (Lipinski definition) is 5. The maximum atomic E-state index is 5.57. The molecule has 1 aromatic carbocycles. The number of methoxy groups -OCH3 is 2. The van der Waals surface area contributed by atoms with E-state index in [4.69, 9.17) is 9.47 Å². The van der Waals surface area contributed by atoms with Crippen molar-refractivity contribution in [2.24, 2.45) is 7.05 Å². The Bertz CT molecular complexity index is 884. The summed E-state index contributed by atoms with van der Waals surface area (Å²) in [6.45, 7) is 5.91. The van der Waals surface area contributed by atoms with E-state index in [1.807, 2.05) is 43.8 Å². The van der Waals surface area contributed by atoms with Crippen molar-refractivity contribution in [3.63, 3.8) is 0 Å². The van der Waals surface area contributed by atoms with Crippen LogP contribution in [0.25, 0.3) is 11.3 Å². The quantitative estimate of drug-likeness (QED) is 0.660. The molecule has 0 bridgehead atoms. The highest BCUT2D eigenvalue weighted by Gasteiger charge is 2.19. The van der Waals surface area contributed by atoms with Gasteiger partial charge in [0.25, 0.3) is 0 Å². The Hall–Kier alpha value is -2.80. The van der Waals surface area contributed by atoms with Crippen LogP contribution in [-0.2, 0) is 20.1 Å². The van der Waals surface area contributed by atoms with Crippen molar-refractivity contribution in [2.75, 3.05) is 14.2 Å². The summed E-state index contributed by atoms with van der Waals surface area (Å²) in [6.07, 6.45) is 5.69. The van der Waals surface area contributed by atoms with Crippen LogP contribution in [0.4, 0.5) is 0 Å².